The highest BCUT2D eigenvalue weighted by Crippen LogP contribution is 2.31. The third-order valence-electron chi connectivity index (χ3n) is 2.45. The van der Waals surface area contributed by atoms with Crippen molar-refractivity contribution in [2.75, 3.05) is 6.54 Å². The molecule has 0 amide bonds. The van der Waals surface area contributed by atoms with Crippen LogP contribution in [-0.2, 0) is 0 Å². The van der Waals surface area contributed by atoms with Gasteiger partial charge in [-0.2, -0.15) is 0 Å². The normalized spacial score (nSPS) is 13.2. The second kappa shape index (κ2) is 5.13. The first-order chi connectivity index (χ1) is 7.72. The molecule has 2 aromatic rings. The van der Waals surface area contributed by atoms with E-state index < -0.39 is 0 Å². The molecule has 2 rings (SSSR count). The van der Waals surface area contributed by atoms with E-state index in [2.05, 4.69) is 24.1 Å². The van der Waals surface area contributed by atoms with E-state index in [9.17, 15) is 0 Å². The third kappa shape index (κ3) is 2.37. The first-order valence-electron chi connectivity index (χ1n) is 5.50. The van der Waals surface area contributed by atoms with Crippen molar-refractivity contribution in [2.45, 2.75) is 26.3 Å². The minimum absolute atomic E-state index is 0.299. The predicted octanol–water partition coefficient (Wildman–Crippen LogP) is 4.01. The molecule has 1 atom stereocenters. The SMILES string of the molecule is CCCNC(C)c1nc2cccc(Cl)c2s1. The van der Waals surface area contributed by atoms with Crippen LogP contribution in [0, 0.1) is 0 Å². The maximum Gasteiger partial charge on any atom is 0.111 e. The average molecular weight is 255 g/mol. The first-order valence-corrected chi connectivity index (χ1v) is 6.70. The molecular formula is C12H15ClN2S. The third-order valence-corrected chi connectivity index (χ3v) is 4.17. The van der Waals surface area contributed by atoms with Gasteiger partial charge in [0.1, 0.15) is 5.01 Å². The molecule has 0 aliphatic carbocycles. The molecule has 1 unspecified atom stereocenters. The first kappa shape index (κ1) is 11.8. The Labute approximate surface area is 105 Å². The number of aromatic nitrogens is 1. The summed E-state index contributed by atoms with van der Waals surface area (Å²) in [7, 11) is 0. The Hall–Kier alpha value is -0.640. The zero-order valence-electron chi connectivity index (χ0n) is 9.46. The number of rotatable bonds is 4. The number of hydrogen-bond donors (Lipinski definition) is 1. The molecule has 0 aliphatic heterocycles. The second-order valence-electron chi connectivity index (χ2n) is 3.82. The van der Waals surface area contributed by atoms with Gasteiger partial charge in [0.05, 0.1) is 21.3 Å². The molecule has 0 spiro atoms. The quantitative estimate of drug-likeness (QED) is 0.892. The van der Waals surface area contributed by atoms with E-state index in [0.29, 0.717) is 6.04 Å². The summed E-state index contributed by atoms with van der Waals surface area (Å²) in [4.78, 5) is 4.60. The van der Waals surface area contributed by atoms with E-state index in [4.69, 9.17) is 11.6 Å². The maximum absolute atomic E-state index is 6.13. The smallest absolute Gasteiger partial charge is 0.111 e. The number of fused-ring (bicyclic) bond motifs is 1. The lowest BCUT2D eigenvalue weighted by Crippen LogP contribution is -2.18. The van der Waals surface area contributed by atoms with Crippen LogP contribution in [0.3, 0.4) is 0 Å². The van der Waals surface area contributed by atoms with Gasteiger partial charge in [-0.3, -0.25) is 0 Å². The zero-order valence-corrected chi connectivity index (χ0v) is 11.0. The van der Waals surface area contributed by atoms with Gasteiger partial charge in [0, 0.05) is 0 Å². The number of hydrogen-bond acceptors (Lipinski definition) is 3. The standard InChI is InChI=1S/C12H15ClN2S/c1-3-7-14-8(2)12-15-10-6-4-5-9(13)11(10)16-12/h4-6,8,14H,3,7H2,1-2H3. The molecule has 0 radical (unpaired) electrons. The van der Waals surface area contributed by atoms with E-state index in [1.165, 1.54) is 0 Å². The van der Waals surface area contributed by atoms with Gasteiger partial charge >= 0.3 is 0 Å². The molecule has 1 N–H and O–H groups in total. The molecule has 0 saturated carbocycles. The fourth-order valence-corrected chi connectivity index (χ4v) is 2.85. The molecule has 1 heterocycles. The van der Waals surface area contributed by atoms with Crippen LogP contribution in [0.1, 0.15) is 31.3 Å². The molecular weight excluding hydrogens is 240 g/mol. The number of nitrogens with zero attached hydrogens (tertiary/aromatic N) is 1. The van der Waals surface area contributed by atoms with Crippen LogP contribution in [0.15, 0.2) is 18.2 Å². The Morgan fingerprint density at radius 2 is 2.31 bits per heavy atom. The van der Waals surface area contributed by atoms with Crippen molar-refractivity contribution in [1.29, 1.82) is 0 Å². The Balaban J connectivity index is 2.29. The van der Waals surface area contributed by atoms with E-state index in [0.717, 1.165) is 33.2 Å². The monoisotopic (exact) mass is 254 g/mol. The predicted molar refractivity (Wildman–Crippen MR) is 71.3 cm³/mol. The lowest BCUT2D eigenvalue weighted by molar-refractivity contribution is 0.569. The highest BCUT2D eigenvalue weighted by Gasteiger charge is 2.11. The summed E-state index contributed by atoms with van der Waals surface area (Å²) in [5, 5.41) is 5.34. The van der Waals surface area contributed by atoms with Crippen LogP contribution < -0.4 is 5.32 Å². The van der Waals surface area contributed by atoms with Crippen molar-refractivity contribution in [2.24, 2.45) is 0 Å². The minimum atomic E-state index is 0.299. The summed E-state index contributed by atoms with van der Waals surface area (Å²) in [6, 6.07) is 6.16. The van der Waals surface area contributed by atoms with E-state index in [-0.39, 0.29) is 0 Å². The molecule has 2 nitrogen and oxygen atoms in total. The molecule has 4 heteroatoms. The Morgan fingerprint density at radius 3 is 3.00 bits per heavy atom. The molecule has 0 bridgehead atoms. The van der Waals surface area contributed by atoms with Gasteiger partial charge in [-0.05, 0) is 32.0 Å². The minimum Gasteiger partial charge on any atom is -0.308 e. The summed E-state index contributed by atoms with van der Waals surface area (Å²) < 4.78 is 1.09. The Morgan fingerprint density at radius 1 is 1.50 bits per heavy atom. The van der Waals surface area contributed by atoms with Crippen molar-refractivity contribution in [3.8, 4) is 0 Å². The van der Waals surface area contributed by atoms with E-state index >= 15 is 0 Å². The topological polar surface area (TPSA) is 24.9 Å². The van der Waals surface area contributed by atoms with E-state index in [1.807, 2.05) is 18.2 Å². The second-order valence-corrected chi connectivity index (χ2v) is 5.25. The molecule has 0 saturated heterocycles. The van der Waals surface area contributed by atoms with Crippen molar-refractivity contribution in [3.05, 3.63) is 28.2 Å². The van der Waals surface area contributed by atoms with Crippen LogP contribution in [0.4, 0.5) is 0 Å². The molecule has 0 aliphatic rings. The van der Waals surface area contributed by atoms with Gasteiger partial charge in [-0.1, -0.05) is 24.6 Å². The van der Waals surface area contributed by atoms with Crippen LogP contribution in [0.2, 0.25) is 5.02 Å². The van der Waals surface area contributed by atoms with Gasteiger partial charge < -0.3 is 5.32 Å². The van der Waals surface area contributed by atoms with Crippen LogP contribution in [0.5, 0.6) is 0 Å². The van der Waals surface area contributed by atoms with Gasteiger partial charge in [0.25, 0.3) is 0 Å². The van der Waals surface area contributed by atoms with Crippen molar-refractivity contribution >= 4 is 33.2 Å². The van der Waals surface area contributed by atoms with Gasteiger partial charge in [0.2, 0.25) is 0 Å². The molecule has 0 fully saturated rings. The molecule has 1 aromatic carbocycles. The largest absolute Gasteiger partial charge is 0.308 e. The summed E-state index contributed by atoms with van der Waals surface area (Å²) in [5.41, 5.74) is 0.998. The summed E-state index contributed by atoms with van der Waals surface area (Å²) >= 11 is 7.81. The number of thiazole rings is 1. The maximum atomic E-state index is 6.13. The van der Waals surface area contributed by atoms with Crippen molar-refractivity contribution in [1.82, 2.24) is 10.3 Å². The van der Waals surface area contributed by atoms with E-state index in [1.54, 1.807) is 11.3 Å². The fourth-order valence-electron chi connectivity index (χ4n) is 1.57. The van der Waals surface area contributed by atoms with Crippen LogP contribution >= 0.6 is 22.9 Å². The van der Waals surface area contributed by atoms with Crippen LogP contribution in [0.25, 0.3) is 10.2 Å². The molecule has 1 aromatic heterocycles. The summed E-state index contributed by atoms with van der Waals surface area (Å²) in [6.45, 7) is 5.32. The number of nitrogens with one attached hydrogen (secondary N) is 1. The summed E-state index contributed by atoms with van der Waals surface area (Å²) in [5.74, 6) is 0. The van der Waals surface area contributed by atoms with Gasteiger partial charge in [-0.15, -0.1) is 11.3 Å². The number of benzene rings is 1. The van der Waals surface area contributed by atoms with Gasteiger partial charge in [0.15, 0.2) is 0 Å². The Kier molecular flexibility index (Phi) is 3.79. The van der Waals surface area contributed by atoms with Gasteiger partial charge in [-0.25, -0.2) is 4.98 Å². The average Bonchev–Trinajstić information content (AvgIpc) is 2.71. The lowest BCUT2D eigenvalue weighted by atomic mass is 10.3. The summed E-state index contributed by atoms with van der Waals surface area (Å²) in [6.07, 6.45) is 1.13. The van der Waals surface area contributed by atoms with Crippen LogP contribution in [-0.4, -0.2) is 11.5 Å². The lowest BCUT2D eigenvalue weighted by Gasteiger charge is -2.08. The van der Waals surface area contributed by atoms with Crippen molar-refractivity contribution < 1.29 is 0 Å². The zero-order chi connectivity index (χ0) is 11.5. The highest BCUT2D eigenvalue weighted by molar-refractivity contribution is 7.19. The van der Waals surface area contributed by atoms with Crippen molar-refractivity contribution in [3.63, 3.8) is 0 Å². The molecule has 16 heavy (non-hydrogen) atoms. The Bertz CT molecular complexity index is 481. The number of halogens is 1. The fraction of sp³-hybridized carbons (Fsp3) is 0.417. The molecule has 86 valence electrons. The highest BCUT2D eigenvalue weighted by atomic mass is 35.5.